The van der Waals surface area contributed by atoms with Crippen LogP contribution in [-0.4, -0.2) is 31.7 Å². The maximum absolute atomic E-state index is 13.9. The van der Waals surface area contributed by atoms with Crippen molar-refractivity contribution in [3.8, 4) is 11.1 Å². The van der Waals surface area contributed by atoms with Crippen LogP contribution in [0.25, 0.3) is 32.9 Å². The molecule has 1 atom stereocenters. The zero-order valence-electron chi connectivity index (χ0n) is 23.3. The van der Waals surface area contributed by atoms with Crippen LogP contribution in [-0.2, 0) is 12.7 Å². The summed E-state index contributed by atoms with van der Waals surface area (Å²) in [6, 6.07) is 25.4. The first-order valence-corrected chi connectivity index (χ1v) is 13.7. The molecule has 0 aliphatic heterocycles. The number of benzene rings is 4. The zero-order chi connectivity index (χ0) is 31.0. The molecule has 6 aromatic rings. The van der Waals surface area contributed by atoms with Gasteiger partial charge < -0.3 is 10.4 Å². The van der Waals surface area contributed by atoms with E-state index in [9.17, 15) is 27.9 Å². The molecule has 1 amide bonds. The standard InChI is InChI=1S/C34H25F3N4O3/c1-20(21-9-11-23(12-10-21)33(43)44)39-32(42)29-17-25(24-6-4-7-27(16-24)34(35,36)37)15-26-18-38-41(31(26)29)19-28-14-13-22-5-2-3-8-30(22)40-28/h2-18,20H,19H2,1H3,(H,39,42)(H,43,44)/t20-/m0/s1. The predicted molar refractivity (Wildman–Crippen MR) is 160 cm³/mol. The smallest absolute Gasteiger partial charge is 0.416 e. The van der Waals surface area contributed by atoms with Crippen molar-refractivity contribution in [1.82, 2.24) is 20.1 Å². The van der Waals surface area contributed by atoms with Gasteiger partial charge in [0, 0.05) is 10.8 Å². The first kappa shape index (κ1) is 28.6. The first-order valence-electron chi connectivity index (χ1n) is 13.7. The molecule has 0 bridgehead atoms. The molecule has 0 aliphatic carbocycles. The zero-order valence-corrected chi connectivity index (χ0v) is 23.3. The van der Waals surface area contributed by atoms with Gasteiger partial charge in [-0.15, -0.1) is 0 Å². The Morgan fingerprint density at radius 2 is 1.66 bits per heavy atom. The summed E-state index contributed by atoms with van der Waals surface area (Å²) < 4.78 is 42.2. The number of hydrogen-bond acceptors (Lipinski definition) is 4. The largest absolute Gasteiger partial charge is 0.478 e. The molecule has 2 N–H and O–H groups in total. The highest BCUT2D eigenvalue weighted by Crippen LogP contribution is 2.34. The quantitative estimate of drug-likeness (QED) is 0.199. The third-order valence-electron chi connectivity index (χ3n) is 7.47. The van der Waals surface area contributed by atoms with Crippen LogP contribution in [0.15, 0.2) is 103 Å². The van der Waals surface area contributed by atoms with E-state index in [0.29, 0.717) is 33.3 Å². The van der Waals surface area contributed by atoms with Crippen LogP contribution in [0.3, 0.4) is 0 Å². The average molecular weight is 595 g/mol. The molecular weight excluding hydrogens is 569 g/mol. The van der Waals surface area contributed by atoms with E-state index in [-0.39, 0.29) is 17.7 Å². The third-order valence-corrected chi connectivity index (χ3v) is 7.47. The van der Waals surface area contributed by atoms with Gasteiger partial charge in [0.05, 0.1) is 52.2 Å². The minimum atomic E-state index is -4.52. The number of carboxylic acids is 1. The first-order chi connectivity index (χ1) is 21.1. The number of halogens is 3. The molecule has 44 heavy (non-hydrogen) atoms. The van der Waals surface area contributed by atoms with Crippen molar-refractivity contribution in [2.75, 3.05) is 0 Å². The fourth-order valence-corrected chi connectivity index (χ4v) is 5.19. The van der Waals surface area contributed by atoms with Crippen LogP contribution in [0.4, 0.5) is 13.2 Å². The van der Waals surface area contributed by atoms with Crippen LogP contribution in [0.1, 0.15) is 50.5 Å². The van der Waals surface area contributed by atoms with E-state index < -0.39 is 29.7 Å². The second-order valence-corrected chi connectivity index (χ2v) is 10.5. The number of aromatic nitrogens is 3. The number of fused-ring (bicyclic) bond motifs is 2. The van der Waals surface area contributed by atoms with Crippen LogP contribution < -0.4 is 5.32 Å². The minimum Gasteiger partial charge on any atom is -0.478 e. The molecule has 0 fully saturated rings. The van der Waals surface area contributed by atoms with Gasteiger partial charge in [0.1, 0.15) is 0 Å². The Morgan fingerprint density at radius 3 is 2.41 bits per heavy atom. The lowest BCUT2D eigenvalue weighted by molar-refractivity contribution is -0.137. The minimum absolute atomic E-state index is 0.119. The van der Waals surface area contributed by atoms with E-state index in [1.165, 1.54) is 18.2 Å². The van der Waals surface area contributed by atoms with Gasteiger partial charge in [0.2, 0.25) is 0 Å². The lowest BCUT2D eigenvalue weighted by Crippen LogP contribution is -2.27. The van der Waals surface area contributed by atoms with E-state index >= 15 is 0 Å². The van der Waals surface area contributed by atoms with E-state index in [1.54, 1.807) is 48.1 Å². The van der Waals surface area contributed by atoms with Gasteiger partial charge in [0.15, 0.2) is 0 Å². The van der Waals surface area contributed by atoms with Gasteiger partial charge in [-0.1, -0.05) is 48.5 Å². The molecule has 220 valence electrons. The second kappa shape index (κ2) is 11.3. The SMILES string of the molecule is C[C@H](NC(=O)c1cc(-c2cccc(C(F)(F)F)c2)cc2cnn(Cc3ccc4ccccc4n3)c12)c1ccc(C(=O)O)cc1. The Hall–Kier alpha value is -5.51. The predicted octanol–water partition coefficient (Wildman–Crippen LogP) is 7.51. The summed E-state index contributed by atoms with van der Waals surface area (Å²) in [7, 11) is 0. The molecule has 0 unspecified atom stereocenters. The number of alkyl halides is 3. The molecule has 4 aromatic carbocycles. The van der Waals surface area contributed by atoms with Crippen molar-refractivity contribution < 1.29 is 27.9 Å². The monoisotopic (exact) mass is 594 g/mol. The molecule has 2 aromatic heterocycles. The Morgan fingerprint density at radius 1 is 0.886 bits per heavy atom. The van der Waals surface area contributed by atoms with E-state index in [2.05, 4.69) is 10.4 Å². The Bertz CT molecular complexity index is 2030. The van der Waals surface area contributed by atoms with Gasteiger partial charge in [0.25, 0.3) is 5.91 Å². The Kier molecular flexibility index (Phi) is 7.34. The third kappa shape index (κ3) is 5.74. The summed E-state index contributed by atoms with van der Waals surface area (Å²) in [6.07, 6.45) is -2.94. The van der Waals surface area contributed by atoms with Gasteiger partial charge in [-0.25, -0.2) is 4.79 Å². The number of aromatic carboxylic acids is 1. The summed E-state index contributed by atoms with van der Waals surface area (Å²) in [6.45, 7) is 2.02. The number of para-hydroxylation sites is 1. The van der Waals surface area contributed by atoms with Crippen molar-refractivity contribution in [3.05, 3.63) is 131 Å². The number of hydrogen-bond donors (Lipinski definition) is 2. The molecule has 10 heteroatoms. The molecule has 0 radical (unpaired) electrons. The molecular formula is C34H25F3N4O3. The summed E-state index contributed by atoms with van der Waals surface area (Å²) in [5.74, 6) is -1.52. The fourth-order valence-electron chi connectivity index (χ4n) is 5.19. The number of carbonyl (C=O) groups excluding carboxylic acids is 1. The summed E-state index contributed by atoms with van der Waals surface area (Å²) in [4.78, 5) is 29.8. The Labute approximate surface area is 249 Å². The molecule has 0 aliphatic rings. The number of carbonyl (C=O) groups is 2. The number of carboxylic acid groups (broad SMARTS) is 1. The second-order valence-electron chi connectivity index (χ2n) is 10.5. The van der Waals surface area contributed by atoms with Crippen LogP contribution in [0, 0.1) is 0 Å². The van der Waals surface area contributed by atoms with Crippen molar-refractivity contribution in [2.24, 2.45) is 0 Å². The van der Waals surface area contributed by atoms with Crippen LogP contribution in [0.2, 0.25) is 0 Å². The number of rotatable bonds is 7. The summed E-state index contributed by atoms with van der Waals surface area (Å²) in [5.41, 5.74) is 2.99. The number of nitrogens with zero attached hydrogens (tertiary/aromatic N) is 3. The van der Waals surface area contributed by atoms with Crippen molar-refractivity contribution in [3.63, 3.8) is 0 Å². The summed E-state index contributed by atoms with van der Waals surface area (Å²) >= 11 is 0. The number of nitrogens with one attached hydrogen (secondary N) is 1. The fraction of sp³-hybridized carbons (Fsp3) is 0.118. The van der Waals surface area contributed by atoms with Gasteiger partial charge >= 0.3 is 12.1 Å². The summed E-state index contributed by atoms with van der Waals surface area (Å²) in [5, 5.41) is 18.2. The van der Waals surface area contributed by atoms with Crippen LogP contribution in [0.5, 0.6) is 0 Å². The van der Waals surface area contributed by atoms with Gasteiger partial charge in [-0.3, -0.25) is 14.5 Å². The molecule has 0 saturated carbocycles. The number of amides is 1. The Balaban J connectivity index is 1.42. The molecule has 6 rings (SSSR count). The number of pyridine rings is 1. The van der Waals surface area contributed by atoms with Gasteiger partial charge in [-0.2, -0.15) is 18.3 Å². The van der Waals surface area contributed by atoms with E-state index in [4.69, 9.17) is 4.98 Å². The lowest BCUT2D eigenvalue weighted by atomic mass is 9.98. The van der Waals surface area contributed by atoms with Crippen molar-refractivity contribution in [1.29, 1.82) is 0 Å². The molecule has 0 saturated heterocycles. The molecule has 2 heterocycles. The normalized spacial score (nSPS) is 12.4. The average Bonchev–Trinajstić information content (AvgIpc) is 3.42. The van der Waals surface area contributed by atoms with E-state index in [1.807, 2.05) is 36.4 Å². The van der Waals surface area contributed by atoms with Crippen molar-refractivity contribution in [2.45, 2.75) is 25.7 Å². The topological polar surface area (TPSA) is 97.1 Å². The molecule has 0 spiro atoms. The lowest BCUT2D eigenvalue weighted by Gasteiger charge is -2.17. The maximum atomic E-state index is 13.9. The highest BCUT2D eigenvalue weighted by atomic mass is 19.4. The van der Waals surface area contributed by atoms with Crippen LogP contribution >= 0.6 is 0 Å². The highest BCUT2D eigenvalue weighted by Gasteiger charge is 2.30. The molecule has 7 nitrogen and oxygen atoms in total. The van der Waals surface area contributed by atoms with Crippen molar-refractivity contribution >= 4 is 33.7 Å². The highest BCUT2D eigenvalue weighted by molar-refractivity contribution is 6.07. The van der Waals surface area contributed by atoms with Gasteiger partial charge in [-0.05, 0) is 72.1 Å². The maximum Gasteiger partial charge on any atom is 0.416 e. The van der Waals surface area contributed by atoms with E-state index in [0.717, 1.165) is 23.0 Å².